The van der Waals surface area contributed by atoms with Gasteiger partial charge in [0, 0.05) is 38.2 Å². The number of carbonyl (C=O) groups is 2. The third-order valence-corrected chi connectivity index (χ3v) is 4.33. The molecule has 0 fully saturated rings. The molecule has 7 nitrogen and oxygen atoms in total. The van der Waals surface area contributed by atoms with Crippen LogP contribution in [-0.4, -0.2) is 38.0 Å². The number of ketones is 1. The van der Waals surface area contributed by atoms with E-state index in [1.165, 1.54) is 13.2 Å². The number of hydrogen-bond acceptors (Lipinski definition) is 7. The van der Waals surface area contributed by atoms with E-state index >= 15 is 0 Å². The maximum Gasteiger partial charge on any atom is 0.339 e. The lowest BCUT2D eigenvalue weighted by Gasteiger charge is -2.13. The molecule has 2 aromatic rings. The highest BCUT2D eigenvalue weighted by Gasteiger charge is 2.21. The fourth-order valence-corrected chi connectivity index (χ4v) is 2.92. The first-order valence-electron chi connectivity index (χ1n) is 8.26. The Labute approximate surface area is 150 Å². The van der Waals surface area contributed by atoms with E-state index in [0.717, 1.165) is 0 Å². The minimum absolute atomic E-state index is 0.0190. The number of aromatic hydroxyl groups is 1. The van der Waals surface area contributed by atoms with E-state index in [1.807, 2.05) is 0 Å². The first-order valence-corrected chi connectivity index (χ1v) is 8.26. The number of carbonyl (C=O) groups excluding carboxylic acids is 2. The molecule has 140 valence electrons. The Morgan fingerprint density at radius 3 is 2.65 bits per heavy atom. The molecule has 7 heteroatoms. The number of methoxy groups -OCH3 is 2. The maximum absolute atomic E-state index is 12.4. The molecular weight excluding hydrogens is 340 g/mol. The van der Waals surface area contributed by atoms with Gasteiger partial charge in [-0.05, 0) is 25.3 Å². The fraction of sp³-hybridized carbons (Fsp3) is 0.421. The minimum Gasteiger partial charge on any atom is -0.507 e. The third kappa shape index (κ3) is 3.94. The zero-order valence-corrected chi connectivity index (χ0v) is 15.1. The molecule has 0 aliphatic rings. The van der Waals surface area contributed by atoms with E-state index in [1.54, 1.807) is 14.0 Å². The van der Waals surface area contributed by atoms with Crippen molar-refractivity contribution in [2.75, 3.05) is 20.8 Å². The summed E-state index contributed by atoms with van der Waals surface area (Å²) in [5, 5.41) is 10.4. The molecule has 0 unspecified atom stereocenters. The van der Waals surface area contributed by atoms with Crippen molar-refractivity contribution in [2.45, 2.75) is 32.6 Å². The van der Waals surface area contributed by atoms with Gasteiger partial charge in [-0.15, -0.1) is 0 Å². The highest BCUT2D eigenvalue weighted by atomic mass is 16.5. The van der Waals surface area contributed by atoms with Crippen LogP contribution < -0.4 is 10.4 Å². The van der Waals surface area contributed by atoms with Gasteiger partial charge >= 0.3 is 5.63 Å². The first kappa shape index (κ1) is 19.7. The maximum atomic E-state index is 12.4. The van der Waals surface area contributed by atoms with Crippen LogP contribution in [0.2, 0.25) is 0 Å². The summed E-state index contributed by atoms with van der Waals surface area (Å²) in [5.41, 5.74) is 0.174. The average Bonchev–Trinajstić information content (AvgIpc) is 2.60. The Morgan fingerprint density at radius 2 is 2.04 bits per heavy atom. The molecule has 1 aromatic carbocycles. The smallest absolute Gasteiger partial charge is 0.339 e. The second-order valence-corrected chi connectivity index (χ2v) is 5.96. The molecule has 0 bridgehead atoms. The van der Waals surface area contributed by atoms with Crippen molar-refractivity contribution in [3.8, 4) is 11.5 Å². The monoisotopic (exact) mass is 362 g/mol. The number of phenolic OH excluding ortho intramolecular Hbond substituents is 1. The Hall–Kier alpha value is -2.67. The molecule has 1 heterocycles. The number of Topliss-reactive ketones (excluding diaryl/α,β-unsaturated/α-hetero) is 1. The van der Waals surface area contributed by atoms with E-state index in [4.69, 9.17) is 13.9 Å². The summed E-state index contributed by atoms with van der Waals surface area (Å²) in [6, 6.07) is 1.30. The zero-order valence-electron chi connectivity index (χ0n) is 15.1. The number of fused-ring (bicyclic) bond motifs is 1. The Balaban J connectivity index is 2.43. The number of benzene rings is 1. The minimum atomic E-state index is -0.629. The quantitative estimate of drug-likeness (QED) is 0.415. The van der Waals surface area contributed by atoms with Gasteiger partial charge in [0.2, 0.25) is 0 Å². The summed E-state index contributed by atoms with van der Waals surface area (Å²) in [4.78, 5) is 35.6. The van der Waals surface area contributed by atoms with Crippen molar-refractivity contribution >= 4 is 23.0 Å². The standard InChI is InChI=1S/C19H22O7/c1-11-13(7-6-12(21)5-4-8-24-2)19(23)26-18-14(10-20)15(22)9-16(25-3)17(11)18/h9-10,22H,4-8H2,1-3H3. The van der Waals surface area contributed by atoms with Crippen LogP contribution in [0, 0.1) is 6.92 Å². The predicted molar refractivity (Wildman–Crippen MR) is 95.3 cm³/mol. The van der Waals surface area contributed by atoms with Crippen molar-refractivity contribution in [2.24, 2.45) is 0 Å². The first-order chi connectivity index (χ1) is 12.4. The van der Waals surface area contributed by atoms with Gasteiger partial charge in [0.1, 0.15) is 17.3 Å². The number of aldehydes is 1. The van der Waals surface area contributed by atoms with Crippen LogP contribution in [0.3, 0.4) is 0 Å². The molecule has 0 amide bonds. The summed E-state index contributed by atoms with van der Waals surface area (Å²) in [6.45, 7) is 2.22. The van der Waals surface area contributed by atoms with Crippen LogP contribution in [0.4, 0.5) is 0 Å². The Bertz CT molecular complexity index is 880. The Morgan fingerprint density at radius 1 is 1.31 bits per heavy atom. The normalized spacial score (nSPS) is 10.9. The van der Waals surface area contributed by atoms with Crippen LogP contribution >= 0.6 is 0 Å². The number of phenols is 1. The van der Waals surface area contributed by atoms with Crippen molar-refractivity contribution in [3.05, 3.63) is 33.2 Å². The Kier molecular flexibility index (Phi) is 6.52. The highest BCUT2D eigenvalue weighted by Crippen LogP contribution is 2.36. The molecule has 26 heavy (non-hydrogen) atoms. The molecule has 0 aliphatic carbocycles. The number of aryl methyl sites for hydroxylation is 1. The van der Waals surface area contributed by atoms with E-state index in [2.05, 4.69) is 0 Å². The zero-order chi connectivity index (χ0) is 19.3. The van der Waals surface area contributed by atoms with Gasteiger partial charge in [-0.1, -0.05) is 0 Å². The van der Waals surface area contributed by atoms with Crippen LogP contribution in [0.5, 0.6) is 11.5 Å². The third-order valence-electron chi connectivity index (χ3n) is 4.33. The number of rotatable bonds is 9. The molecule has 0 atom stereocenters. The molecule has 1 N–H and O–H groups in total. The number of hydrogen-bond donors (Lipinski definition) is 1. The number of ether oxygens (including phenoxy) is 2. The van der Waals surface area contributed by atoms with E-state index in [9.17, 15) is 19.5 Å². The fourth-order valence-electron chi connectivity index (χ4n) is 2.92. The summed E-state index contributed by atoms with van der Waals surface area (Å²) in [6.07, 6.45) is 1.89. The van der Waals surface area contributed by atoms with Crippen LogP contribution in [0.1, 0.15) is 40.7 Å². The van der Waals surface area contributed by atoms with Gasteiger partial charge in [0.25, 0.3) is 0 Å². The van der Waals surface area contributed by atoms with Gasteiger partial charge in [0.05, 0.1) is 18.1 Å². The predicted octanol–water partition coefficient (Wildman–Crippen LogP) is 2.56. The largest absolute Gasteiger partial charge is 0.507 e. The van der Waals surface area contributed by atoms with Crippen LogP contribution in [-0.2, 0) is 16.0 Å². The van der Waals surface area contributed by atoms with Crippen LogP contribution in [0.15, 0.2) is 15.3 Å². The topological polar surface area (TPSA) is 103 Å². The molecule has 0 saturated heterocycles. The van der Waals surface area contributed by atoms with Crippen molar-refractivity contribution < 1.29 is 28.6 Å². The summed E-state index contributed by atoms with van der Waals surface area (Å²) >= 11 is 0. The van der Waals surface area contributed by atoms with E-state index in [-0.39, 0.29) is 41.3 Å². The SMILES string of the molecule is COCCCC(=O)CCc1c(C)c2c(OC)cc(O)c(C=O)c2oc1=O. The summed E-state index contributed by atoms with van der Waals surface area (Å²) in [5.74, 6) is -0.00260. The molecular formula is C19H22O7. The lowest BCUT2D eigenvalue weighted by Crippen LogP contribution is -2.13. The van der Waals surface area contributed by atoms with E-state index < -0.39 is 5.63 Å². The lowest BCUT2D eigenvalue weighted by atomic mass is 9.98. The van der Waals surface area contributed by atoms with Gasteiger partial charge in [-0.2, -0.15) is 0 Å². The van der Waals surface area contributed by atoms with Crippen molar-refractivity contribution in [1.82, 2.24) is 0 Å². The second-order valence-electron chi connectivity index (χ2n) is 5.96. The summed E-state index contributed by atoms with van der Waals surface area (Å²) < 4.78 is 15.5. The molecule has 0 spiro atoms. The highest BCUT2D eigenvalue weighted by molar-refractivity contribution is 6.01. The molecule has 1 aromatic heterocycles. The molecule has 0 radical (unpaired) electrons. The van der Waals surface area contributed by atoms with Gasteiger partial charge in [0.15, 0.2) is 11.9 Å². The molecule has 2 rings (SSSR count). The molecule has 0 aliphatic heterocycles. The van der Waals surface area contributed by atoms with Gasteiger partial charge < -0.3 is 19.0 Å². The second kappa shape index (κ2) is 8.62. The van der Waals surface area contributed by atoms with Gasteiger partial charge in [-0.3, -0.25) is 9.59 Å². The van der Waals surface area contributed by atoms with Crippen LogP contribution in [0.25, 0.3) is 11.0 Å². The summed E-state index contributed by atoms with van der Waals surface area (Å²) in [7, 11) is 2.99. The van der Waals surface area contributed by atoms with Crippen molar-refractivity contribution in [3.63, 3.8) is 0 Å². The van der Waals surface area contributed by atoms with Crippen molar-refractivity contribution in [1.29, 1.82) is 0 Å². The van der Waals surface area contributed by atoms with Gasteiger partial charge in [-0.25, -0.2) is 4.79 Å². The average molecular weight is 362 g/mol. The van der Waals surface area contributed by atoms with E-state index in [0.29, 0.717) is 42.2 Å². The lowest BCUT2D eigenvalue weighted by molar-refractivity contribution is -0.119. The molecule has 0 saturated carbocycles.